The minimum absolute atomic E-state index is 0.308. The summed E-state index contributed by atoms with van der Waals surface area (Å²) in [4.78, 5) is 4.26. The number of rotatable bonds is 5. The average Bonchev–Trinajstić information content (AvgIpc) is 3.05. The van der Waals surface area contributed by atoms with Gasteiger partial charge in [-0.25, -0.2) is 4.98 Å². The van der Waals surface area contributed by atoms with Gasteiger partial charge in [0.25, 0.3) is 0 Å². The number of fused-ring (bicyclic) bond motifs is 1. The molecule has 0 bridgehead atoms. The summed E-state index contributed by atoms with van der Waals surface area (Å²) >= 11 is 5.25. The van der Waals surface area contributed by atoms with E-state index in [-0.39, 0.29) is 0 Å². The second-order valence-corrected chi connectivity index (χ2v) is 5.98. The van der Waals surface area contributed by atoms with E-state index >= 15 is 0 Å². The van der Waals surface area contributed by atoms with E-state index in [9.17, 15) is 0 Å². The molecule has 0 amide bonds. The lowest BCUT2D eigenvalue weighted by Gasteiger charge is -2.07. The molecule has 19 heavy (non-hydrogen) atoms. The third-order valence-electron chi connectivity index (χ3n) is 2.86. The van der Waals surface area contributed by atoms with E-state index in [2.05, 4.69) is 26.2 Å². The molecule has 0 radical (unpaired) electrons. The van der Waals surface area contributed by atoms with E-state index in [1.165, 1.54) is 5.56 Å². The number of aromatic nitrogens is 1. The standard InChI is InChI=1S/C13H13BrN2O2S/c14-10-6-12-11(17-8-18-12)5-9(10)7-15-2-1-13-16-3-4-19-13/h3-6,15H,1-2,7-8H2. The van der Waals surface area contributed by atoms with Gasteiger partial charge >= 0.3 is 0 Å². The van der Waals surface area contributed by atoms with Crippen molar-refractivity contribution >= 4 is 27.3 Å². The van der Waals surface area contributed by atoms with Gasteiger partial charge in [-0.1, -0.05) is 15.9 Å². The van der Waals surface area contributed by atoms with Crippen LogP contribution in [0.15, 0.2) is 28.2 Å². The lowest BCUT2D eigenvalue weighted by atomic mass is 10.2. The Morgan fingerprint density at radius 2 is 2.16 bits per heavy atom. The molecule has 0 spiro atoms. The first-order valence-electron chi connectivity index (χ1n) is 6.00. The largest absolute Gasteiger partial charge is 0.454 e. The van der Waals surface area contributed by atoms with Gasteiger partial charge in [0.2, 0.25) is 6.79 Å². The van der Waals surface area contributed by atoms with Crippen LogP contribution in [0.25, 0.3) is 0 Å². The number of ether oxygens (including phenoxy) is 2. The SMILES string of the molecule is Brc1cc2c(cc1CNCCc1nccs1)OCO2. The molecule has 4 nitrogen and oxygen atoms in total. The van der Waals surface area contributed by atoms with Gasteiger partial charge in [0.05, 0.1) is 5.01 Å². The van der Waals surface area contributed by atoms with Crippen molar-refractivity contribution in [2.24, 2.45) is 0 Å². The number of benzene rings is 1. The van der Waals surface area contributed by atoms with Crippen LogP contribution in [0.2, 0.25) is 0 Å². The Morgan fingerprint density at radius 3 is 2.95 bits per heavy atom. The molecule has 6 heteroatoms. The van der Waals surface area contributed by atoms with E-state index < -0.39 is 0 Å². The molecule has 2 heterocycles. The van der Waals surface area contributed by atoms with Crippen LogP contribution >= 0.6 is 27.3 Å². The normalized spacial score (nSPS) is 12.9. The van der Waals surface area contributed by atoms with Crippen LogP contribution in [0.1, 0.15) is 10.6 Å². The zero-order valence-electron chi connectivity index (χ0n) is 10.2. The number of thiazole rings is 1. The van der Waals surface area contributed by atoms with Gasteiger partial charge in [0.15, 0.2) is 11.5 Å². The van der Waals surface area contributed by atoms with Gasteiger partial charge in [-0.15, -0.1) is 11.3 Å². The number of halogens is 1. The van der Waals surface area contributed by atoms with Gasteiger partial charge in [0.1, 0.15) is 0 Å². The maximum absolute atomic E-state index is 5.38. The molecule has 0 aliphatic carbocycles. The van der Waals surface area contributed by atoms with Crippen molar-refractivity contribution in [3.63, 3.8) is 0 Å². The first-order valence-corrected chi connectivity index (χ1v) is 7.67. The maximum Gasteiger partial charge on any atom is 0.231 e. The molecular weight excluding hydrogens is 328 g/mol. The first-order chi connectivity index (χ1) is 9.33. The van der Waals surface area contributed by atoms with E-state index in [0.29, 0.717) is 6.79 Å². The Hall–Kier alpha value is -1.11. The highest BCUT2D eigenvalue weighted by Gasteiger charge is 2.15. The molecule has 0 saturated heterocycles. The number of nitrogens with zero attached hydrogens (tertiary/aromatic N) is 1. The monoisotopic (exact) mass is 340 g/mol. The highest BCUT2D eigenvalue weighted by Crippen LogP contribution is 2.36. The van der Waals surface area contributed by atoms with Gasteiger partial charge < -0.3 is 14.8 Å². The van der Waals surface area contributed by atoms with Crippen LogP contribution in [0.4, 0.5) is 0 Å². The van der Waals surface area contributed by atoms with Crippen molar-refractivity contribution < 1.29 is 9.47 Å². The quantitative estimate of drug-likeness (QED) is 0.850. The fraction of sp³-hybridized carbons (Fsp3) is 0.308. The van der Waals surface area contributed by atoms with Crippen molar-refractivity contribution in [2.75, 3.05) is 13.3 Å². The zero-order valence-corrected chi connectivity index (χ0v) is 12.6. The zero-order chi connectivity index (χ0) is 13.1. The van der Waals surface area contributed by atoms with Crippen molar-refractivity contribution in [1.82, 2.24) is 10.3 Å². The predicted molar refractivity (Wildman–Crippen MR) is 77.8 cm³/mol. The van der Waals surface area contributed by atoms with Gasteiger partial charge in [-0.2, -0.15) is 0 Å². The second-order valence-electron chi connectivity index (χ2n) is 4.15. The summed E-state index contributed by atoms with van der Waals surface area (Å²) in [6.07, 6.45) is 2.80. The van der Waals surface area contributed by atoms with Gasteiger partial charge in [0, 0.05) is 35.6 Å². The molecule has 0 saturated carbocycles. The Labute approximate surface area is 123 Å². The Morgan fingerprint density at radius 1 is 1.32 bits per heavy atom. The highest BCUT2D eigenvalue weighted by molar-refractivity contribution is 9.10. The average molecular weight is 341 g/mol. The van der Waals surface area contributed by atoms with E-state index in [1.807, 2.05) is 23.7 Å². The number of hydrogen-bond acceptors (Lipinski definition) is 5. The third kappa shape index (κ3) is 3.08. The minimum atomic E-state index is 0.308. The lowest BCUT2D eigenvalue weighted by Crippen LogP contribution is -2.16. The molecule has 1 aliphatic heterocycles. The molecule has 2 aromatic rings. The summed E-state index contributed by atoms with van der Waals surface area (Å²) in [6.45, 7) is 2.01. The number of nitrogens with one attached hydrogen (secondary N) is 1. The highest BCUT2D eigenvalue weighted by atomic mass is 79.9. The van der Waals surface area contributed by atoms with Crippen LogP contribution in [0, 0.1) is 0 Å². The molecule has 1 aliphatic rings. The molecule has 3 rings (SSSR count). The van der Waals surface area contributed by atoms with Crippen LogP contribution in [0.5, 0.6) is 11.5 Å². The van der Waals surface area contributed by atoms with Crippen molar-refractivity contribution in [3.05, 3.63) is 38.8 Å². The summed E-state index contributed by atoms with van der Waals surface area (Å²) in [7, 11) is 0. The minimum Gasteiger partial charge on any atom is -0.454 e. The molecular formula is C13H13BrN2O2S. The molecule has 1 aromatic carbocycles. The lowest BCUT2D eigenvalue weighted by molar-refractivity contribution is 0.174. The topological polar surface area (TPSA) is 43.4 Å². The van der Waals surface area contributed by atoms with Gasteiger partial charge in [-0.05, 0) is 17.7 Å². The summed E-state index contributed by atoms with van der Waals surface area (Å²) in [5, 5.41) is 6.58. The van der Waals surface area contributed by atoms with Crippen LogP contribution in [0.3, 0.4) is 0 Å². The molecule has 0 unspecified atom stereocenters. The second kappa shape index (κ2) is 5.90. The first kappa shape index (κ1) is 12.9. The van der Waals surface area contributed by atoms with Crippen LogP contribution < -0.4 is 14.8 Å². The van der Waals surface area contributed by atoms with Gasteiger partial charge in [-0.3, -0.25) is 0 Å². The van der Waals surface area contributed by atoms with Crippen molar-refractivity contribution in [1.29, 1.82) is 0 Å². The van der Waals surface area contributed by atoms with E-state index in [1.54, 1.807) is 11.3 Å². The maximum atomic E-state index is 5.38. The van der Waals surface area contributed by atoms with E-state index in [0.717, 1.165) is 40.5 Å². The Bertz CT molecular complexity index is 560. The predicted octanol–water partition coefficient (Wildman–Crippen LogP) is 2.97. The summed E-state index contributed by atoms with van der Waals surface area (Å²) < 4.78 is 11.7. The number of hydrogen-bond donors (Lipinski definition) is 1. The van der Waals surface area contributed by atoms with E-state index in [4.69, 9.17) is 9.47 Å². The summed E-state index contributed by atoms with van der Waals surface area (Å²) in [5.74, 6) is 1.62. The fourth-order valence-electron chi connectivity index (χ4n) is 1.89. The summed E-state index contributed by atoms with van der Waals surface area (Å²) in [5.41, 5.74) is 1.17. The third-order valence-corrected chi connectivity index (χ3v) is 4.43. The van der Waals surface area contributed by atoms with Crippen LogP contribution in [-0.4, -0.2) is 18.3 Å². The summed E-state index contributed by atoms with van der Waals surface area (Å²) in [6, 6.07) is 3.98. The molecule has 1 N–H and O–H groups in total. The van der Waals surface area contributed by atoms with Crippen LogP contribution in [-0.2, 0) is 13.0 Å². The Kier molecular flexibility index (Phi) is 4.00. The van der Waals surface area contributed by atoms with Crippen molar-refractivity contribution in [3.8, 4) is 11.5 Å². The molecule has 1 aromatic heterocycles. The van der Waals surface area contributed by atoms with Crippen molar-refractivity contribution in [2.45, 2.75) is 13.0 Å². The molecule has 100 valence electrons. The molecule has 0 atom stereocenters. The fourth-order valence-corrected chi connectivity index (χ4v) is 2.97. The smallest absolute Gasteiger partial charge is 0.231 e. The molecule has 0 fully saturated rings. The Balaban J connectivity index is 1.55.